The first-order chi connectivity index (χ1) is 12.0. The van der Waals surface area contributed by atoms with Gasteiger partial charge in [-0.15, -0.1) is 0 Å². The lowest BCUT2D eigenvalue weighted by Crippen LogP contribution is -2.38. The molecule has 0 spiro atoms. The topological polar surface area (TPSA) is 67.4 Å². The summed E-state index contributed by atoms with van der Waals surface area (Å²) < 4.78 is 6.06. The molecule has 2 fully saturated rings. The number of amides is 2. The zero-order chi connectivity index (χ0) is 17.9. The maximum Gasteiger partial charge on any atom is 0.240 e. The minimum Gasteiger partial charge on any atom is -0.374 e. The van der Waals surface area contributed by atoms with Crippen LogP contribution in [0.15, 0.2) is 24.3 Å². The Kier molecular flexibility index (Phi) is 5.42. The number of carbonyl (C=O) groups excluding carboxylic acids is 2. The molecule has 2 saturated carbocycles. The molecule has 0 radical (unpaired) electrons. The lowest BCUT2D eigenvalue weighted by Gasteiger charge is -2.26. The third-order valence-electron chi connectivity index (χ3n) is 5.41. The van der Waals surface area contributed by atoms with Gasteiger partial charge in [0, 0.05) is 12.7 Å². The van der Waals surface area contributed by atoms with E-state index in [-0.39, 0.29) is 11.8 Å². The molecular weight excluding hydrogens is 316 g/mol. The summed E-state index contributed by atoms with van der Waals surface area (Å²) in [6, 6.07) is 7.71. The van der Waals surface area contributed by atoms with Crippen LogP contribution in [0, 0.1) is 11.3 Å². The number of carbonyl (C=O) groups is 2. The highest BCUT2D eigenvalue weighted by atomic mass is 16.5. The smallest absolute Gasteiger partial charge is 0.240 e. The fourth-order valence-electron chi connectivity index (χ4n) is 3.66. The van der Waals surface area contributed by atoms with Gasteiger partial charge in [-0.25, -0.2) is 0 Å². The molecule has 3 rings (SSSR count). The molecule has 0 saturated heterocycles. The van der Waals surface area contributed by atoms with Crippen molar-refractivity contribution in [2.75, 3.05) is 12.4 Å². The molecule has 1 aromatic rings. The molecule has 0 unspecified atom stereocenters. The van der Waals surface area contributed by atoms with Crippen molar-refractivity contribution in [3.05, 3.63) is 29.8 Å². The Bertz CT molecular complexity index is 640. The van der Waals surface area contributed by atoms with Crippen LogP contribution in [0.25, 0.3) is 0 Å². The van der Waals surface area contributed by atoms with E-state index < -0.39 is 5.41 Å². The van der Waals surface area contributed by atoms with Crippen LogP contribution in [0.5, 0.6) is 0 Å². The average molecular weight is 344 g/mol. The molecule has 136 valence electrons. The van der Waals surface area contributed by atoms with Crippen molar-refractivity contribution in [1.82, 2.24) is 5.32 Å². The molecule has 2 aliphatic rings. The number of benzene rings is 1. The van der Waals surface area contributed by atoms with Crippen molar-refractivity contribution in [2.45, 2.75) is 58.2 Å². The zero-order valence-electron chi connectivity index (χ0n) is 15.1. The van der Waals surface area contributed by atoms with Crippen LogP contribution in [0.4, 0.5) is 5.69 Å². The molecular formula is C20H28N2O3. The fourth-order valence-corrected chi connectivity index (χ4v) is 3.66. The summed E-state index contributed by atoms with van der Waals surface area (Å²) in [5.74, 6) is 0.325. The zero-order valence-corrected chi connectivity index (χ0v) is 15.1. The molecule has 25 heavy (non-hydrogen) atoms. The number of anilines is 1. The summed E-state index contributed by atoms with van der Waals surface area (Å²) in [4.78, 5) is 24.4. The monoisotopic (exact) mass is 344 g/mol. The number of hydrogen-bond donors (Lipinski definition) is 2. The second-order valence-electron chi connectivity index (χ2n) is 7.52. The van der Waals surface area contributed by atoms with Gasteiger partial charge in [0.25, 0.3) is 0 Å². The van der Waals surface area contributed by atoms with E-state index in [9.17, 15) is 9.59 Å². The molecule has 0 aliphatic heterocycles. The first-order valence-electron chi connectivity index (χ1n) is 9.27. The fraction of sp³-hybridized carbons (Fsp3) is 0.600. The van der Waals surface area contributed by atoms with Crippen molar-refractivity contribution in [3.63, 3.8) is 0 Å². The van der Waals surface area contributed by atoms with Gasteiger partial charge >= 0.3 is 0 Å². The Morgan fingerprint density at radius 1 is 1.24 bits per heavy atom. The van der Waals surface area contributed by atoms with Crippen molar-refractivity contribution in [2.24, 2.45) is 11.3 Å². The Morgan fingerprint density at radius 3 is 2.72 bits per heavy atom. The standard InChI is InChI=1S/C20H28N2O3/c1-14-5-3-8-17(11-14)25-13-15-6-4-7-16(12-15)22-19(24)20(9-10-20)18(23)21-2/h4,6-7,12,14,17H,3,5,8-11,13H2,1-2H3,(H,21,23)(H,22,24)/t14-,17+/m0/s1. The van der Waals surface area contributed by atoms with Gasteiger partial charge in [-0.3, -0.25) is 9.59 Å². The van der Waals surface area contributed by atoms with Gasteiger partial charge in [-0.2, -0.15) is 0 Å². The number of rotatable bonds is 6. The molecule has 0 aromatic heterocycles. The maximum absolute atomic E-state index is 12.4. The van der Waals surface area contributed by atoms with E-state index in [0.29, 0.717) is 25.6 Å². The molecule has 1 aromatic carbocycles. The van der Waals surface area contributed by atoms with Gasteiger partial charge in [0.15, 0.2) is 0 Å². The van der Waals surface area contributed by atoms with Crippen molar-refractivity contribution in [1.29, 1.82) is 0 Å². The Labute approximate surface area is 149 Å². The van der Waals surface area contributed by atoms with Crippen LogP contribution >= 0.6 is 0 Å². The number of nitrogens with one attached hydrogen (secondary N) is 2. The number of hydrogen-bond acceptors (Lipinski definition) is 3. The van der Waals surface area contributed by atoms with Gasteiger partial charge < -0.3 is 15.4 Å². The molecule has 2 aliphatic carbocycles. The summed E-state index contributed by atoms with van der Waals surface area (Å²) in [6.45, 7) is 2.84. The van der Waals surface area contributed by atoms with E-state index >= 15 is 0 Å². The Morgan fingerprint density at radius 2 is 2.04 bits per heavy atom. The van der Waals surface area contributed by atoms with Gasteiger partial charge in [0.05, 0.1) is 12.7 Å². The van der Waals surface area contributed by atoms with Crippen molar-refractivity contribution < 1.29 is 14.3 Å². The second kappa shape index (κ2) is 7.56. The van der Waals surface area contributed by atoms with Crippen LogP contribution in [-0.4, -0.2) is 25.0 Å². The van der Waals surface area contributed by atoms with Gasteiger partial charge in [0.1, 0.15) is 5.41 Å². The minimum absolute atomic E-state index is 0.198. The van der Waals surface area contributed by atoms with Crippen molar-refractivity contribution in [3.8, 4) is 0 Å². The van der Waals surface area contributed by atoms with E-state index in [0.717, 1.165) is 30.0 Å². The van der Waals surface area contributed by atoms with E-state index in [1.165, 1.54) is 12.8 Å². The molecule has 0 bridgehead atoms. The minimum atomic E-state index is -0.876. The largest absolute Gasteiger partial charge is 0.374 e. The van der Waals surface area contributed by atoms with Crippen molar-refractivity contribution >= 4 is 17.5 Å². The Balaban J connectivity index is 1.56. The maximum atomic E-state index is 12.4. The summed E-state index contributed by atoms with van der Waals surface area (Å²) >= 11 is 0. The second-order valence-corrected chi connectivity index (χ2v) is 7.52. The highest BCUT2D eigenvalue weighted by Crippen LogP contribution is 2.46. The molecule has 2 amide bonds. The normalized spacial score (nSPS) is 24.4. The molecule has 2 N–H and O–H groups in total. The predicted molar refractivity (Wildman–Crippen MR) is 97.0 cm³/mol. The molecule has 0 heterocycles. The first-order valence-corrected chi connectivity index (χ1v) is 9.27. The molecule has 5 heteroatoms. The average Bonchev–Trinajstić information content (AvgIpc) is 3.42. The third kappa shape index (κ3) is 4.21. The van der Waals surface area contributed by atoms with Crippen LogP contribution in [0.2, 0.25) is 0 Å². The molecule has 2 atom stereocenters. The quantitative estimate of drug-likeness (QED) is 0.779. The highest BCUT2D eigenvalue weighted by molar-refractivity contribution is 6.12. The Hall–Kier alpha value is -1.88. The summed E-state index contributed by atoms with van der Waals surface area (Å²) in [5, 5.41) is 5.48. The number of ether oxygens (including phenoxy) is 1. The first kappa shape index (κ1) is 17.9. The lowest BCUT2D eigenvalue weighted by molar-refractivity contribution is -0.134. The summed E-state index contributed by atoms with van der Waals surface area (Å²) in [5.41, 5.74) is 0.888. The van der Waals surface area contributed by atoms with Gasteiger partial charge in [0.2, 0.25) is 11.8 Å². The highest BCUT2D eigenvalue weighted by Gasteiger charge is 2.56. The van der Waals surface area contributed by atoms with E-state index in [2.05, 4.69) is 17.6 Å². The van der Waals surface area contributed by atoms with Gasteiger partial charge in [-0.1, -0.05) is 31.9 Å². The van der Waals surface area contributed by atoms with Crippen LogP contribution in [-0.2, 0) is 20.9 Å². The van der Waals surface area contributed by atoms with Gasteiger partial charge in [-0.05, 0) is 49.3 Å². The summed E-state index contributed by atoms with van der Waals surface area (Å²) in [7, 11) is 1.57. The third-order valence-corrected chi connectivity index (χ3v) is 5.41. The SMILES string of the molecule is CNC(=O)C1(C(=O)Nc2cccc(CO[C@@H]3CCC[C@H](C)C3)c2)CC1. The summed E-state index contributed by atoms with van der Waals surface area (Å²) in [6.07, 6.45) is 6.37. The van der Waals surface area contributed by atoms with Crippen LogP contribution < -0.4 is 10.6 Å². The predicted octanol–water partition coefficient (Wildman–Crippen LogP) is 3.25. The van der Waals surface area contributed by atoms with E-state index in [1.54, 1.807) is 7.05 Å². The van der Waals surface area contributed by atoms with E-state index in [4.69, 9.17) is 4.74 Å². The molecule has 5 nitrogen and oxygen atoms in total. The van der Waals surface area contributed by atoms with Crippen LogP contribution in [0.3, 0.4) is 0 Å². The lowest BCUT2D eigenvalue weighted by atomic mass is 9.89. The van der Waals surface area contributed by atoms with E-state index in [1.807, 2.05) is 24.3 Å². The van der Waals surface area contributed by atoms with Crippen LogP contribution in [0.1, 0.15) is 51.0 Å².